The largest absolute Gasteiger partial charge is 0.494 e. The van der Waals surface area contributed by atoms with Crippen molar-refractivity contribution in [2.24, 2.45) is 5.92 Å². The van der Waals surface area contributed by atoms with E-state index in [9.17, 15) is 13.6 Å². The average Bonchev–Trinajstić information content (AvgIpc) is 2.80. The molecule has 0 spiro atoms. The molecule has 31 heavy (non-hydrogen) atoms. The van der Waals surface area contributed by atoms with Gasteiger partial charge in [0.1, 0.15) is 11.8 Å². The summed E-state index contributed by atoms with van der Waals surface area (Å²) in [4.78, 5) is 12.4. The summed E-state index contributed by atoms with van der Waals surface area (Å²) in [6.45, 7) is 2.89. The second-order valence-corrected chi connectivity index (χ2v) is 7.95. The van der Waals surface area contributed by atoms with Crippen LogP contribution in [0.1, 0.15) is 68.9 Å². The molecule has 0 N–H and O–H groups in total. The Balaban J connectivity index is 1.51. The number of ether oxygens (including phenoxy) is 2. The molecule has 0 radical (unpaired) electrons. The summed E-state index contributed by atoms with van der Waals surface area (Å²) in [5.41, 5.74) is 0.795. The van der Waals surface area contributed by atoms with Gasteiger partial charge < -0.3 is 9.47 Å². The first kappa shape index (κ1) is 22.7. The van der Waals surface area contributed by atoms with Crippen LogP contribution in [0.3, 0.4) is 0 Å². The molecular weight excluding hydrogens is 400 g/mol. The van der Waals surface area contributed by atoms with Crippen molar-refractivity contribution >= 4 is 5.97 Å². The van der Waals surface area contributed by atoms with Gasteiger partial charge in [-0.2, -0.15) is 9.65 Å². The zero-order valence-corrected chi connectivity index (χ0v) is 17.7. The van der Waals surface area contributed by atoms with Crippen LogP contribution in [0.2, 0.25) is 0 Å². The van der Waals surface area contributed by atoms with Crippen LogP contribution in [-0.4, -0.2) is 12.6 Å². The molecule has 0 aromatic heterocycles. The van der Waals surface area contributed by atoms with E-state index in [1.54, 1.807) is 6.07 Å². The zero-order chi connectivity index (χ0) is 22.2. The van der Waals surface area contributed by atoms with E-state index >= 15 is 0 Å². The number of halogens is 2. The third-order valence-electron chi connectivity index (χ3n) is 5.81. The minimum absolute atomic E-state index is 0.349. The quantitative estimate of drug-likeness (QED) is 0.282. The SMILES string of the molecule is CCCCCOc1ccc(C2CCC(C(=O)Oc3ccc(C#N)c(F)c3F)CC2)cc1. The van der Waals surface area contributed by atoms with Crippen molar-refractivity contribution in [1.29, 1.82) is 5.26 Å². The summed E-state index contributed by atoms with van der Waals surface area (Å²) >= 11 is 0. The number of carbonyl (C=O) groups is 1. The van der Waals surface area contributed by atoms with Crippen molar-refractivity contribution < 1.29 is 23.0 Å². The van der Waals surface area contributed by atoms with Crippen molar-refractivity contribution in [3.63, 3.8) is 0 Å². The minimum atomic E-state index is -1.31. The van der Waals surface area contributed by atoms with E-state index in [2.05, 4.69) is 19.1 Å². The molecule has 0 bridgehead atoms. The molecule has 2 aromatic carbocycles. The summed E-state index contributed by atoms with van der Waals surface area (Å²) < 4.78 is 38.6. The van der Waals surface area contributed by atoms with Gasteiger partial charge in [0, 0.05) is 0 Å². The molecule has 2 aromatic rings. The maximum absolute atomic E-state index is 14.0. The Morgan fingerprint density at radius 2 is 1.74 bits per heavy atom. The van der Waals surface area contributed by atoms with Crippen LogP contribution in [0, 0.1) is 28.9 Å². The maximum Gasteiger partial charge on any atom is 0.314 e. The Labute approximate surface area is 181 Å². The van der Waals surface area contributed by atoms with Crippen molar-refractivity contribution in [2.45, 2.75) is 57.8 Å². The Kier molecular flexibility index (Phi) is 8.00. The normalized spacial score (nSPS) is 18.3. The topological polar surface area (TPSA) is 59.3 Å². The van der Waals surface area contributed by atoms with Gasteiger partial charge in [0.2, 0.25) is 5.82 Å². The monoisotopic (exact) mass is 427 g/mol. The fourth-order valence-electron chi connectivity index (χ4n) is 3.93. The van der Waals surface area contributed by atoms with Crippen LogP contribution in [0.15, 0.2) is 36.4 Å². The number of nitrogens with zero attached hydrogens (tertiary/aromatic N) is 1. The summed E-state index contributed by atoms with van der Waals surface area (Å²) in [5, 5.41) is 8.74. The number of rotatable bonds is 8. The van der Waals surface area contributed by atoms with Crippen LogP contribution in [0.5, 0.6) is 11.5 Å². The van der Waals surface area contributed by atoms with E-state index in [1.165, 1.54) is 5.56 Å². The number of nitriles is 1. The standard InChI is InChI=1S/C25H27F2NO3/c1-2-3-4-15-30-21-12-9-18(10-13-21)17-5-7-19(8-6-17)25(29)31-22-14-11-20(16-28)23(26)24(22)27/h9-14,17,19H,2-8,15H2,1H3. The van der Waals surface area contributed by atoms with E-state index in [1.807, 2.05) is 12.1 Å². The van der Waals surface area contributed by atoms with Crippen molar-refractivity contribution in [3.8, 4) is 17.6 Å². The van der Waals surface area contributed by atoms with E-state index in [-0.39, 0.29) is 5.92 Å². The van der Waals surface area contributed by atoms with Crippen molar-refractivity contribution in [1.82, 2.24) is 0 Å². The first-order valence-electron chi connectivity index (χ1n) is 10.9. The molecule has 0 heterocycles. The van der Waals surface area contributed by atoms with Gasteiger partial charge in [-0.25, -0.2) is 4.39 Å². The van der Waals surface area contributed by atoms with Crippen LogP contribution in [0.25, 0.3) is 0 Å². The molecule has 0 saturated heterocycles. The van der Waals surface area contributed by atoms with Crippen LogP contribution in [-0.2, 0) is 4.79 Å². The number of benzene rings is 2. The highest BCUT2D eigenvalue weighted by Crippen LogP contribution is 2.37. The lowest BCUT2D eigenvalue weighted by Gasteiger charge is -2.27. The number of hydrogen-bond acceptors (Lipinski definition) is 4. The Morgan fingerprint density at radius 1 is 1.03 bits per heavy atom. The number of carbonyl (C=O) groups excluding carboxylic acids is 1. The van der Waals surface area contributed by atoms with E-state index in [4.69, 9.17) is 14.7 Å². The Hall–Kier alpha value is -2.94. The average molecular weight is 427 g/mol. The lowest BCUT2D eigenvalue weighted by Crippen LogP contribution is -2.25. The minimum Gasteiger partial charge on any atom is -0.494 e. The maximum atomic E-state index is 14.0. The molecule has 6 heteroatoms. The van der Waals surface area contributed by atoms with Gasteiger partial charge in [-0.05, 0) is 67.9 Å². The van der Waals surface area contributed by atoms with Gasteiger partial charge in [0.15, 0.2) is 11.6 Å². The van der Waals surface area contributed by atoms with Gasteiger partial charge in [0.25, 0.3) is 0 Å². The zero-order valence-electron chi connectivity index (χ0n) is 17.7. The second kappa shape index (κ2) is 10.9. The summed E-state index contributed by atoms with van der Waals surface area (Å²) in [6, 6.07) is 11.9. The van der Waals surface area contributed by atoms with Crippen molar-refractivity contribution in [3.05, 3.63) is 59.2 Å². The van der Waals surface area contributed by atoms with Gasteiger partial charge in [-0.15, -0.1) is 0 Å². The molecule has 0 atom stereocenters. The molecule has 1 aliphatic carbocycles. The van der Waals surface area contributed by atoms with Crippen LogP contribution < -0.4 is 9.47 Å². The predicted molar refractivity (Wildman–Crippen MR) is 113 cm³/mol. The predicted octanol–water partition coefficient (Wildman–Crippen LogP) is 6.28. The van der Waals surface area contributed by atoms with Gasteiger partial charge in [0.05, 0.1) is 18.1 Å². The van der Waals surface area contributed by atoms with E-state index in [0.717, 1.165) is 56.6 Å². The van der Waals surface area contributed by atoms with Gasteiger partial charge >= 0.3 is 5.97 Å². The van der Waals surface area contributed by atoms with Gasteiger partial charge in [-0.1, -0.05) is 31.9 Å². The molecule has 0 unspecified atom stereocenters. The summed E-state index contributed by atoms with van der Waals surface area (Å²) in [7, 11) is 0. The first-order valence-corrected chi connectivity index (χ1v) is 10.9. The molecule has 4 nitrogen and oxygen atoms in total. The third-order valence-corrected chi connectivity index (χ3v) is 5.81. The summed E-state index contributed by atoms with van der Waals surface area (Å²) in [6.07, 6.45) is 6.27. The van der Waals surface area contributed by atoms with Gasteiger partial charge in [-0.3, -0.25) is 4.79 Å². The van der Waals surface area contributed by atoms with E-state index in [0.29, 0.717) is 18.8 Å². The molecule has 0 aliphatic heterocycles. The lowest BCUT2D eigenvalue weighted by atomic mass is 9.79. The Morgan fingerprint density at radius 3 is 2.39 bits per heavy atom. The highest BCUT2D eigenvalue weighted by Gasteiger charge is 2.29. The van der Waals surface area contributed by atoms with E-state index < -0.39 is 28.9 Å². The molecule has 1 aliphatic rings. The Bertz CT molecular complexity index is 929. The molecular formula is C25H27F2NO3. The number of unbranched alkanes of at least 4 members (excludes halogenated alkanes) is 2. The molecule has 164 valence electrons. The highest BCUT2D eigenvalue weighted by atomic mass is 19.2. The summed E-state index contributed by atoms with van der Waals surface area (Å²) in [5.74, 6) is -2.77. The molecule has 1 fully saturated rings. The number of esters is 1. The fourth-order valence-corrected chi connectivity index (χ4v) is 3.93. The lowest BCUT2D eigenvalue weighted by molar-refractivity contribution is -0.140. The highest BCUT2D eigenvalue weighted by molar-refractivity contribution is 5.75. The molecule has 0 amide bonds. The third kappa shape index (κ3) is 5.81. The van der Waals surface area contributed by atoms with Crippen LogP contribution in [0.4, 0.5) is 8.78 Å². The molecule has 3 rings (SSSR count). The second-order valence-electron chi connectivity index (χ2n) is 7.95. The van der Waals surface area contributed by atoms with Crippen molar-refractivity contribution in [2.75, 3.05) is 6.61 Å². The fraction of sp³-hybridized carbons (Fsp3) is 0.440. The first-order chi connectivity index (χ1) is 15.0. The molecule has 1 saturated carbocycles. The number of hydrogen-bond donors (Lipinski definition) is 0. The van der Waals surface area contributed by atoms with Crippen LogP contribution >= 0.6 is 0 Å². The smallest absolute Gasteiger partial charge is 0.314 e.